The number of nitrogens with zero attached hydrogens (tertiary/aromatic N) is 2. The van der Waals surface area contributed by atoms with Gasteiger partial charge in [0, 0.05) is 23.6 Å². The number of aliphatic imine (C=N–C) groups is 2. The van der Waals surface area contributed by atoms with Crippen molar-refractivity contribution in [1.29, 1.82) is 0 Å². The summed E-state index contributed by atoms with van der Waals surface area (Å²) in [4.78, 5) is 9.88. The zero-order chi connectivity index (χ0) is 27.3. The molecule has 1 aliphatic rings. The van der Waals surface area contributed by atoms with Gasteiger partial charge in [0.05, 0.1) is 12.1 Å². The van der Waals surface area contributed by atoms with Gasteiger partial charge in [0.2, 0.25) is 0 Å². The Labute approximate surface area is 225 Å². The predicted octanol–water partition coefficient (Wildman–Crippen LogP) is 8.83. The third-order valence-electron chi connectivity index (χ3n) is 8.24. The van der Waals surface area contributed by atoms with Crippen molar-refractivity contribution in [2.75, 3.05) is 0 Å². The van der Waals surface area contributed by atoms with Crippen LogP contribution in [0, 0.1) is 0 Å². The van der Waals surface area contributed by atoms with Crippen molar-refractivity contribution in [3.8, 4) is 11.5 Å². The van der Waals surface area contributed by atoms with Crippen LogP contribution in [0.2, 0.25) is 0 Å². The van der Waals surface area contributed by atoms with Crippen molar-refractivity contribution in [1.82, 2.24) is 0 Å². The summed E-state index contributed by atoms with van der Waals surface area (Å²) >= 11 is 0. The van der Waals surface area contributed by atoms with Crippen LogP contribution in [-0.2, 0) is 0 Å². The highest BCUT2D eigenvalue weighted by Gasteiger charge is 2.26. The van der Waals surface area contributed by atoms with E-state index < -0.39 is 0 Å². The Balaban J connectivity index is 1.89. The normalized spacial score (nSPS) is 20.1. The lowest BCUT2D eigenvalue weighted by atomic mass is 9.90. The number of hydrogen-bond donors (Lipinski definition) is 2. The minimum atomic E-state index is 0.0786. The Hall–Kier alpha value is -2.62. The monoisotopic (exact) mass is 504 g/mol. The van der Waals surface area contributed by atoms with E-state index in [2.05, 4.69) is 79.7 Å². The van der Waals surface area contributed by atoms with Crippen LogP contribution in [-0.4, -0.2) is 34.7 Å². The molecule has 1 fully saturated rings. The molecular formula is C33H48N2O2. The van der Waals surface area contributed by atoms with Gasteiger partial charge < -0.3 is 10.2 Å². The first-order chi connectivity index (χ1) is 17.6. The molecule has 0 bridgehead atoms. The minimum Gasteiger partial charge on any atom is -0.507 e. The molecule has 1 aliphatic carbocycles. The van der Waals surface area contributed by atoms with Crippen LogP contribution in [0.1, 0.15) is 145 Å². The van der Waals surface area contributed by atoms with E-state index in [-0.39, 0.29) is 23.9 Å². The second-order valence-corrected chi connectivity index (χ2v) is 11.6. The molecule has 0 amide bonds. The highest BCUT2D eigenvalue weighted by atomic mass is 16.3. The molecule has 4 heteroatoms. The Morgan fingerprint density at radius 2 is 1.08 bits per heavy atom. The van der Waals surface area contributed by atoms with Gasteiger partial charge in [-0.05, 0) is 90.2 Å². The number of rotatable bonds is 10. The van der Waals surface area contributed by atoms with Crippen LogP contribution in [0.5, 0.6) is 11.5 Å². The van der Waals surface area contributed by atoms with Gasteiger partial charge in [-0.25, -0.2) is 0 Å². The highest BCUT2D eigenvalue weighted by molar-refractivity contribution is 5.86. The molecule has 1 saturated carbocycles. The average molecular weight is 505 g/mol. The number of aromatic hydroxyl groups is 2. The van der Waals surface area contributed by atoms with E-state index in [9.17, 15) is 10.2 Å². The lowest BCUT2D eigenvalue weighted by Crippen LogP contribution is -2.16. The molecule has 3 rings (SSSR count). The standard InChI is InChI=1S/C33H48N2O2/c1-9-22(7)24-14-26(32(36)28(16-24)20(3)4)18-34-30-12-11-13-31(30)35-19-27-15-25(23(8)10-2)17-29(21(5)6)33(27)37/h14-23,30-31,36-37H,9-13H2,1-8H3. The molecule has 2 aromatic rings. The number of phenols is 2. The zero-order valence-electron chi connectivity index (χ0n) is 24.3. The summed E-state index contributed by atoms with van der Waals surface area (Å²) in [6, 6.07) is 8.65. The van der Waals surface area contributed by atoms with Crippen molar-refractivity contribution < 1.29 is 10.2 Å². The van der Waals surface area contributed by atoms with Gasteiger partial charge in [0.1, 0.15) is 11.5 Å². The molecule has 0 aliphatic heterocycles. The largest absolute Gasteiger partial charge is 0.507 e. The molecule has 2 N–H and O–H groups in total. The Morgan fingerprint density at radius 1 is 0.703 bits per heavy atom. The summed E-state index contributed by atoms with van der Waals surface area (Å²) in [5.41, 5.74) is 6.08. The molecule has 202 valence electrons. The number of hydrogen-bond acceptors (Lipinski definition) is 4. The third kappa shape index (κ3) is 6.83. The van der Waals surface area contributed by atoms with Gasteiger partial charge in [0.15, 0.2) is 0 Å². The van der Waals surface area contributed by atoms with E-state index in [4.69, 9.17) is 9.98 Å². The number of benzene rings is 2. The molecule has 4 nitrogen and oxygen atoms in total. The maximum absolute atomic E-state index is 11.0. The predicted molar refractivity (Wildman–Crippen MR) is 158 cm³/mol. The van der Waals surface area contributed by atoms with Gasteiger partial charge in [-0.3, -0.25) is 9.98 Å². The van der Waals surface area contributed by atoms with Crippen LogP contribution in [0.4, 0.5) is 0 Å². The first-order valence-corrected chi connectivity index (χ1v) is 14.4. The first kappa shape index (κ1) is 28.9. The summed E-state index contributed by atoms with van der Waals surface area (Å²) in [6.45, 7) is 17.3. The van der Waals surface area contributed by atoms with Gasteiger partial charge in [-0.1, -0.05) is 67.5 Å². The quantitative estimate of drug-likeness (QED) is 0.317. The molecule has 0 heterocycles. The molecule has 0 radical (unpaired) electrons. The van der Waals surface area contributed by atoms with Crippen LogP contribution < -0.4 is 0 Å². The summed E-state index contributed by atoms with van der Waals surface area (Å²) in [5, 5.41) is 21.9. The smallest absolute Gasteiger partial charge is 0.127 e. The van der Waals surface area contributed by atoms with Gasteiger partial charge in [0.25, 0.3) is 0 Å². The fraction of sp³-hybridized carbons (Fsp3) is 0.576. The van der Waals surface area contributed by atoms with Crippen molar-refractivity contribution >= 4 is 12.4 Å². The molecular weight excluding hydrogens is 456 g/mol. The topological polar surface area (TPSA) is 65.2 Å². The summed E-state index contributed by atoms with van der Waals surface area (Å²) in [5.74, 6) is 2.05. The second-order valence-electron chi connectivity index (χ2n) is 11.6. The molecule has 4 unspecified atom stereocenters. The SMILES string of the molecule is CCC(C)c1cc(C=NC2CCCC2N=Cc2cc(C(C)CC)cc(C(C)C)c2O)c(O)c(C(C)C)c1. The fourth-order valence-electron chi connectivity index (χ4n) is 5.15. The maximum Gasteiger partial charge on any atom is 0.127 e. The van der Waals surface area contributed by atoms with E-state index in [0.29, 0.717) is 23.3 Å². The van der Waals surface area contributed by atoms with Crippen LogP contribution in [0.25, 0.3) is 0 Å². The second kappa shape index (κ2) is 12.8. The molecule has 0 spiro atoms. The van der Waals surface area contributed by atoms with E-state index in [1.807, 2.05) is 12.4 Å². The van der Waals surface area contributed by atoms with Gasteiger partial charge in [-0.2, -0.15) is 0 Å². The van der Waals surface area contributed by atoms with Crippen molar-refractivity contribution in [3.63, 3.8) is 0 Å². The van der Waals surface area contributed by atoms with Gasteiger partial charge in [-0.15, -0.1) is 0 Å². The molecule has 4 atom stereocenters. The van der Waals surface area contributed by atoms with Crippen molar-refractivity contribution in [2.45, 2.75) is 123 Å². The van der Waals surface area contributed by atoms with Crippen LogP contribution >= 0.6 is 0 Å². The molecule has 0 saturated heterocycles. The third-order valence-corrected chi connectivity index (χ3v) is 8.24. The fourth-order valence-corrected chi connectivity index (χ4v) is 5.15. The zero-order valence-corrected chi connectivity index (χ0v) is 24.3. The lowest BCUT2D eigenvalue weighted by Gasteiger charge is -2.18. The van der Waals surface area contributed by atoms with Crippen LogP contribution in [0.3, 0.4) is 0 Å². The Morgan fingerprint density at radius 3 is 1.41 bits per heavy atom. The number of phenolic OH excluding ortho intramolecular Hbond substituents is 2. The summed E-state index contributed by atoms with van der Waals surface area (Å²) in [7, 11) is 0. The first-order valence-electron chi connectivity index (χ1n) is 14.4. The Kier molecular flexibility index (Phi) is 9.98. The highest BCUT2D eigenvalue weighted by Crippen LogP contribution is 2.35. The lowest BCUT2D eigenvalue weighted by molar-refractivity contribution is 0.462. The molecule has 2 aromatic carbocycles. The van der Waals surface area contributed by atoms with E-state index in [0.717, 1.165) is 54.4 Å². The molecule has 37 heavy (non-hydrogen) atoms. The van der Waals surface area contributed by atoms with E-state index in [1.54, 1.807) is 0 Å². The van der Waals surface area contributed by atoms with Crippen molar-refractivity contribution in [3.05, 3.63) is 57.6 Å². The van der Waals surface area contributed by atoms with E-state index >= 15 is 0 Å². The minimum absolute atomic E-state index is 0.0786. The van der Waals surface area contributed by atoms with Crippen LogP contribution in [0.15, 0.2) is 34.3 Å². The molecule has 0 aromatic heterocycles. The summed E-state index contributed by atoms with van der Waals surface area (Å²) < 4.78 is 0. The van der Waals surface area contributed by atoms with Gasteiger partial charge >= 0.3 is 0 Å². The van der Waals surface area contributed by atoms with Crippen molar-refractivity contribution in [2.24, 2.45) is 9.98 Å². The maximum atomic E-state index is 11.0. The average Bonchev–Trinajstić information content (AvgIpc) is 3.33. The summed E-state index contributed by atoms with van der Waals surface area (Å²) in [6.07, 6.45) is 8.89. The Bertz CT molecular complexity index is 1030. The van der Waals surface area contributed by atoms with E-state index in [1.165, 1.54) is 11.1 Å².